The fourth-order valence-corrected chi connectivity index (χ4v) is 4.11. The van der Waals surface area contributed by atoms with Crippen LogP contribution in [0.25, 0.3) is 0 Å². The average Bonchev–Trinajstić information content (AvgIpc) is 2.49. The predicted molar refractivity (Wildman–Crippen MR) is 84.6 cm³/mol. The molecule has 1 saturated carbocycles. The van der Waals surface area contributed by atoms with Crippen molar-refractivity contribution >= 4 is 23.8 Å². The molecule has 2 amide bonds. The number of nitrogens with one attached hydrogen (secondary N) is 1. The monoisotopic (exact) mass is 314 g/mol. The predicted octanol–water partition coefficient (Wildman–Crippen LogP) is 2.41. The number of piperidine rings is 1. The summed E-state index contributed by atoms with van der Waals surface area (Å²) in [4.78, 5) is 24.9. The second-order valence-corrected chi connectivity index (χ2v) is 7.13. The van der Waals surface area contributed by atoms with Crippen molar-refractivity contribution in [2.24, 2.45) is 11.8 Å². The molecule has 0 atom stereocenters. The molecule has 1 aliphatic heterocycles. The van der Waals surface area contributed by atoms with Crippen LogP contribution in [0.3, 0.4) is 0 Å². The molecule has 0 aromatic rings. The maximum absolute atomic E-state index is 12.2. The van der Waals surface area contributed by atoms with Crippen LogP contribution in [0.5, 0.6) is 0 Å². The molecule has 0 radical (unpaired) electrons. The van der Waals surface area contributed by atoms with Gasteiger partial charge in [0.25, 0.3) is 0 Å². The minimum absolute atomic E-state index is 0.00726. The first-order valence-electron chi connectivity index (χ1n) is 7.87. The van der Waals surface area contributed by atoms with Crippen LogP contribution in [-0.2, 0) is 4.79 Å². The van der Waals surface area contributed by atoms with Crippen molar-refractivity contribution in [3.8, 4) is 0 Å². The standard InChI is InChI=1S/C15H26N2O3S/c1-21-10-11-2-4-13(5-3-11)16-15(20)17-8-6-12(7-9-17)14(18)19/h11-13H,2-10H2,1H3,(H,16,20)(H,18,19). The van der Waals surface area contributed by atoms with Crippen LogP contribution in [0.4, 0.5) is 4.79 Å². The molecule has 5 nitrogen and oxygen atoms in total. The Balaban J connectivity index is 1.70. The zero-order chi connectivity index (χ0) is 15.2. The van der Waals surface area contributed by atoms with Crippen LogP contribution >= 0.6 is 11.8 Å². The molecule has 0 aromatic carbocycles. The van der Waals surface area contributed by atoms with Crippen molar-refractivity contribution in [3.05, 3.63) is 0 Å². The molecule has 2 N–H and O–H groups in total. The van der Waals surface area contributed by atoms with Crippen molar-refractivity contribution in [2.45, 2.75) is 44.6 Å². The molecular formula is C15H26N2O3S. The summed E-state index contributed by atoms with van der Waals surface area (Å²) in [5.41, 5.74) is 0. The number of thioether (sulfide) groups is 1. The van der Waals surface area contributed by atoms with Crippen molar-refractivity contribution in [1.29, 1.82) is 0 Å². The molecule has 0 bridgehead atoms. The van der Waals surface area contributed by atoms with Gasteiger partial charge in [0.1, 0.15) is 0 Å². The number of hydrogen-bond donors (Lipinski definition) is 2. The molecule has 21 heavy (non-hydrogen) atoms. The number of hydrogen-bond acceptors (Lipinski definition) is 3. The molecule has 1 saturated heterocycles. The van der Waals surface area contributed by atoms with Gasteiger partial charge in [0, 0.05) is 19.1 Å². The second-order valence-electron chi connectivity index (χ2n) is 6.22. The number of rotatable bonds is 4. The summed E-state index contributed by atoms with van der Waals surface area (Å²) < 4.78 is 0. The quantitative estimate of drug-likeness (QED) is 0.836. The number of nitrogens with zero attached hydrogens (tertiary/aromatic N) is 1. The maximum Gasteiger partial charge on any atom is 0.317 e. The SMILES string of the molecule is CSCC1CCC(NC(=O)N2CCC(C(=O)O)CC2)CC1. The van der Waals surface area contributed by atoms with Gasteiger partial charge >= 0.3 is 12.0 Å². The number of carboxylic acids is 1. The van der Waals surface area contributed by atoms with Gasteiger partial charge in [-0.1, -0.05) is 0 Å². The first kappa shape index (κ1) is 16.5. The minimum atomic E-state index is -0.734. The van der Waals surface area contributed by atoms with Gasteiger partial charge in [-0.25, -0.2) is 4.79 Å². The highest BCUT2D eigenvalue weighted by Crippen LogP contribution is 2.27. The van der Waals surface area contributed by atoms with E-state index >= 15 is 0 Å². The van der Waals surface area contributed by atoms with E-state index in [4.69, 9.17) is 5.11 Å². The number of likely N-dealkylation sites (tertiary alicyclic amines) is 1. The maximum atomic E-state index is 12.2. The molecular weight excluding hydrogens is 288 g/mol. The largest absolute Gasteiger partial charge is 0.481 e. The second kappa shape index (κ2) is 7.92. The van der Waals surface area contributed by atoms with Crippen molar-refractivity contribution in [1.82, 2.24) is 10.2 Å². The van der Waals surface area contributed by atoms with Gasteiger partial charge in [-0.3, -0.25) is 4.79 Å². The van der Waals surface area contributed by atoms with Gasteiger partial charge in [-0.15, -0.1) is 0 Å². The highest BCUT2D eigenvalue weighted by Gasteiger charge is 2.29. The van der Waals surface area contributed by atoms with Crippen LogP contribution < -0.4 is 5.32 Å². The number of urea groups is 1. The lowest BCUT2D eigenvalue weighted by Crippen LogP contribution is -2.49. The summed E-state index contributed by atoms with van der Waals surface area (Å²) in [5, 5.41) is 12.1. The summed E-state index contributed by atoms with van der Waals surface area (Å²) in [7, 11) is 0. The fraction of sp³-hybridized carbons (Fsp3) is 0.867. The number of amides is 2. The zero-order valence-electron chi connectivity index (χ0n) is 12.7. The molecule has 2 aliphatic rings. The topological polar surface area (TPSA) is 69.6 Å². The smallest absolute Gasteiger partial charge is 0.317 e. The Labute approximate surface area is 130 Å². The van der Waals surface area contributed by atoms with Crippen LogP contribution in [0, 0.1) is 11.8 Å². The Morgan fingerprint density at radius 3 is 2.29 bits per heavy atom. The third kappa shape index (κ3) is 4.80. The molecule has 6 heteroatoms. The van der Waals surface area contributed by atoms with Gasteiger partial charge in [-0.05, 0) is 56.5 Å². The first-order valence-corrected chi connectivity index (χ1v) is 9.26. The number of carbonyl (C=O) groups is 2. The first-order chi connectivity index (χ1) is 10.1. The normalized spacial score (nSPS) is 27.4. The van der Waals surface area contributed by atoms with E-state index in [0.717, 1.165) is 18.8 Å². The summed E-state index contributed by atoms with van der Waals surface area (Å²) in [6.45, 7) is 1.12. The summed E-state index contributed by atoms with van der Waals surface area (Å²) in [6.07, 6.45) is 7.84. The van der Waals surface area contributed by atoms with Crippen LogP contribution in [0.1, 0.15) is 38.5 Å². The van der Waals surface area contributed by atoms with Crippen LogP contribution in [-0.4, -0.2) is 53.1 Å². The van der Waals surface area contributed by atoms with E-state index in [1.54, 1.807) is 4.90 Å². The van der Waals surface area contributed by atoms with E-state index in [-0.39, 0.29) is 11.9 Å². The Hall–Kier alpha value is -0.910. The van der Waals surface area contributed by atoms with E-state index in [1.165, 1.54) is 18.6 Å². The Morgan fingerprint density at radius 1 is 1.14 bits per heavy atom. The molecule has 120 valence electrons. The number of carboxylic acid groups (broad SMARTS) is 1. The van der Waals surface area contributed by atoms with Crippen molar-refractivity contribution < 1.29 is 14.7 Å². The van der Waals surface area contributed by atoms with E-state index in [1.807, 2.05) is 11.8 Å². The van der Waals surface area contributed by atoms with E-state index in [2.05, 4.69) is 11.6 Å². The zero-order valence-corrected chi connectivity index (χ0v) is 13.5. The lowest BCUT2D eigenvalue weighted by molar-refractivity contribution is -0.143. The van der Waals surface area contributed by atoms with Gasteiger partial charge in [0.05, 0.1) is 5.92 Å². The molecule has 0 spiro atoms. The number of carbonyl (C=O) groups excluding carboxylic acids is 1. The highest BCUT2D eigenvalue weighted by molar-refractivity contribution is 7.98. The molecule has 1 aliphatic carbocycles. The van der Waals surface area contributed by atoms with Crippen molar-refractivity contribution in [2.75, 3.05) is 25.1 Å². The Bertz CT molecular complexity index is 362. The molecule has 2 rings (SSSR count). The molecule has 0 aromatic heterocycles. The molecule has 2 fully saturated rings. The summed E-state index contributed by atoms with van der Waals surface area (Å²) in [6, 6.07) is 0.292. The number of aliphatic carboxylic acids is 1. The molecule has 0 unspecified atom stereocenters. The Kier molecular flexibility index (Phi) is 6.21. The van der Waals surface area contributed by atoms with E-state index in [9.17, 15) is 9.59 Å². The minimum Gasteiger partial charge on any atom is -0.481 e. The van der Waals surface area contributed by atoms with Gasteiger partial charge in [0.15, 0.2) is 0 Å². The third-order valence-corrected chi connectivity index (χ3v) is 5.51. The van der Waals surface area contributed by atoms with Crippen LogP contribution in [0.2, 0.25) is 0 Å². The molecule has 1 heterocycles. The van der Waals surface area contributed by atoms with E-state index < -0.39 is 5.97 Å². The van der Waals surface area contributed by atoms with Gasteiger partial charge in [-0.2, -0.15) is 11.8 Å². The summed E-state index contributed by atoms with van der Waals surface area (Å²) >= 11 is 1.90. The van der Waals surface area contributed by atoms with Crippen LogP contribution in [0.15, 0.2) is 0 Å². The van der Waals surface area contributed by atoms with Gasteiger partial charge < -0.3 is 15.3 Å². The lowest BCUT2D eigenvalue weighted by Gasteiger charge is -2.34. The highest BCUT2D eigenvalue weighted by atomic mass is 32.2. The van der Waals surface area contributed by atoms with E-state index in [0.29, 0.717) is 32.0 Å². The Morgan fingerprint density at radius 2 is 1.76 bits per heavy atom. The van der Waals surface area contributed by atoms with Crippen molar-refractivity contribution in [3.63, 3.8) is 0 Å². The third-order valence-electron chi connectivity index (χ3n) is 4.71. The fourth-order valence-electron chi connectivity index (χ4n) is 3.30. The lowest BCUT2D eigenvalue weighted by atomic mass is 9.87. The summed E-state index contributed by atoms with van der Waals surface area (Å²) in [5.74, 6) is 1.02. The van der Waals surface area contributed by atoms with Gasteiger partial charge in [0.2, 0.25) is 0 Å². The average molecular weight is 314 g/mol.